The summed E-state index contributed by atoms with van der Waals surface area (Å²) in [4.78, 5) is 22.9. The lowest BCUT2D eigenvalue weighted by Gasteiger charge is -2.24. The average Bonchev–Trinajstić information content (AvgIpc) is 2.34. The van der Waals surface area contributed by atoms with Crippen LogP contribution in [-0.2, 0) is 16.0 Å². The largest absolute Gasteiger partial charge is 0.444 e. The van der Waals surface area contributed by atoms with E-state index in [1.165, 1.54) is 6.92 Å². The first-order valence-corrected chi connectivity index (χ1v) is 7.04. The molecule has 0 aliphatic carbocycles. The van der Waals surface area contributed by atoms with Gasteiger partial charge in [0.1, 0.15) is 5.60 Å². The lowest BCUT2D eigenvalue weighted by molar-refractivity contribution is -0.119. The third-order valence-electron chi connectivity index (χ3n) is 2.64. The van der Waals surface area contributed by atoms with E-state index in [9.17, 15) is 9.59 Å². The predicted octanol–water partition coefficient (Wildman–Crippen LogP) is 2.26. The summed E-state index contributed by atoms with van der Waals surface area (Å²) in [6.07, 6.45) is 0.147. The van der Waals surface area contributed by atoms with E-state index in [1.54, 1.807) is 0 Å². The molecule has 1 aromatic rings. The fourth-order valence-corrected chi connectivity index (χ4v) is 1.81. The molecule has 2 amide bonds. The summed E-state index contributed by atoms with van der Waals surface area (Å²) in [7, 11) is 0. The zero-order valence-corrected chi connectivity index (χ0v) is 13.1. The third kappa shape index (κ3) is 7.97. The fraction of sp³-hybridized carbons (Fsp3) is 0.500. The maximum atomic E-state index is 11.9. The lowest BCUT2D eigenvalue weighted by Crippen LogP contribution is -2.46. The van der Waals surface area contributed by atoms with Crippen LogP contribution in [0.2, 0.25) is 0 Å². The van der Waals surface area contributed by atoms with Crippen molar-refractivity contribution in [2.45, 2.75) is 45.8 Å². The number of alkyl carbamates (subject to hydrolysis) is 1. The zero-order chi connectivity index (χ0) is 15.9. The van der Waals surface area contributed by atoms with E-state index in [0.29, 0.717) is 13.0 Å². The smallest absolute Gasteiger partial charge is 0.407 e. The number of hydrogen-bond donors (Lipinski definition) is 2. The molecule has 0 spiro atoms. The molecule has 5 nitrogen and oxygen atoms in total. The number of carbonyl (C=O) groups is 2. The molecule has 0 radical (unpaired) electrons. The van der Waals surface area contributed by atoms with E-state index < -0.39 is 11.7 Å². The van der Waals surface area contributed by atoms with Crippen LogP contribution >= 0.6 is 0 Å². The van der Waals surface area contributed by atoms with E-state index in [2.05, 4.69) is 10.6 Å². The SMILES string of the molecule is CC(=O)NC[C@H](Cc1ccccc1)NC(=O)OC(C)(C)C. The highest BCUT2D eigenvalue weighted by atomic mass is 16.6. The zero-order valence-electron chi connectivity index (χ0n) is 13.1. The molecule has 2 N–H and O–H groups in total. The molecule has 1 aromatic carbocycles. The van der Waals surface area contributed by atoms with Crippen molar-refractivity contribution in [1.29, 1.82) is 0 Å². The number of carbonyl (C=O) groups excluding carboxylic acids is 2. The van der Waals surface area contributed by atoms with Crippen molar-refractivity contribution in [2.75, 3.05) is 6.54 Å². The highest BCUT2D eigenvalue weighted by Crippen LogP contribution is 2.08. The predicted molar refractivity (Wildman–Crippen MR) is 82.0 cm³/mol. The Labute approximate surface area is 126 Å². The summed E-state index contributed by atoms with van der Waals surface area (Å²) in [6.45, 7) is 7.25. The van der Waals surface area contributed by atoms with Crippen LogP contribution in [0.25, 0.3) is 0 Å². The van der Waals surface area contributed by atoms with Crippen molar-refractivity contribution in [1.82, 2.24) is 10.6 Å². The minimum absolute atomic E-state index is 0.126. The van der Waals surface area contributed by atoms with Gasteiger partial charge in [-0.15, -0.1) is 0 Å². The molecular formula is C16H24N2O3. The standard InChI is InChI=1S/C16H24N2O3/c1-12(19)17-11-14(10-13-8-6-5-7-9-13)18-15(20)21-16(2,3)4/h5-9,14H,10-11H2,1-4H3,(H,17,19)(H,18,20)/t14-/m0/s1. The number of hydrogen-bond acceptors (Lipinski definition) is 3. The maximum Gasteiger partial charge on any atom is 0.407 e. The molecule has 1 rings (SSSR count). The molecule has 0 unspecified atom stereocenters. The van der Waals surface area contributed by atoms with Gasteiger partial charge in [-0.05, 0) is 32.8 Å². The molecule has 0 fully saturated rings. The van der Waals surface area contributed by atoms with E-state index in [0.717, 1.165) is 5.56 Å². The van der Waals surface area contributed by atoms with Crippen LogP contribution in [0, 0.1) is 0 Å². The molecule has 0 aromatic heterocycles. The van der Waals surface area contributed by atoms with Gasteiger partial charge in [-0.25, -0.2) is 4.79 Å². The van der Waals surface area contributed by atoms with E-state index in [1.807, 2.05) is 51.1 Å². The van der Waals surface area contributed by atoms with Crippen LogP contribution in [0.3, 0.4) is 0 Å². The Kier molecular flexibility index (Phi) is 6.21. The van der Waals surface area contributed by atoms with Gasteiger partial charge in [0.25, 0.3) is 0 Å². The molecule has 0 saturated heterocycles. The normalized spacial score (nSPS) is 12.4. The number of ether oxygens (including phenoxy) is 1. The Morgan fingerprint density at radius 2 is 1.81 bits per heavy atom. The monoisotopic (exact) mass is 292 g/mol. The fourth-order valence-electron chi connectivity index (χ4n) is 1.81. The van der Waals surface area contributed by atoms with Gasteiger partial charge in [0.05, 0.1) is 6.04 Å². The van der Waals surface area contributed by atoms with Gasteiger partial charge >= 0.3 is 6.09 Å². The first-order chi connectivity index (χ1) is 9.76. The van der Waals surface area contributed by atoms with Crippen molar-refractivity contribution in [3.63, 3.8) is 0 Å². The van der Waals surface area contributed by atoms with Gasteiger partial charge in [0.2, 0.25) is 5.91 Å². The van der Waals surface area contributed by atoms with Crippen molar-refractivity contribution in [3.05, 3.63) is 35.9 Å². The highest BCUT2D eigenvalue weighted by molar-refractivity contribution is 5.73. The highest BCUT2D eigenvalue weighted by Gasteiger charge is 2.19. The van der Waals surface area contributed by atoms with Crippen molar-refractivity contribution in [2.24, 2.45) is 0 Å². The lowest BCUT2D eigenvalue weighted by atomic mass is 10.1. The number of rotatable bonds is 5. The molecule has 21 heavy (non-hydrogen) atoms. The Hall–Kier alpha value is -2.04. The first kappa shape index (κ1) is 17.0. The maximum absolute atomic E-state index is 11.9. The second-order valence-corrected chi connectivity index (χ2v) is 5.97. The van der Waals surface area contributed by atoms with Crippen LogP contribution < -0.4 is 10.6 Å². The molecule has 5 heteroatoms. The number of benzene rings is 1. The van der Waals surface area contributed by atoms with Crippen molar-refractivity contribution in [3.8, 4) is 0 Å². The minimum atomic E-state index is -0.546. The molecule has 0 saturated carbocycles. The van der Waals surface area contributed by atoms with Gasteiger partial charge in [-0.3, -0.25) is 4.79 Å². The van der Waals surface area contributed by atoms with Gasteiger partial charge in [0.15, 0.2) is 0 Å². The van der Waals surface area contributed by atoms with E-state index in [4.69, 9.17) is 4.74 Å². The summed E-state index contributed by atoms with van der Waals surface area (Å²) in [5.74, 6) is -0.126. The molecule has 0 aliphatic heterocycles. The van der Waals surface area contributed by atoms with Gasteiger partial charge in [-0.1, -0.05) is 30.3 Å². The van der Waals surface area contributed by atoms with Gasteiger partial charge < -0.3 is 15.4 Å². The summed E-state index contributed by atoms with van der Waals surface area (Å²) in [5.41, 5.74) is 0.541. The van der Waals surface area contributed by atoms with E-state index in [-0.39, 0.29) is 11.9 Å². The topological polar surface area (TPSA) is 67.4 Å². The Morgan fingerprint density at radius 3 is 2.33 bits per heavy atom. The van der Waals surface area contributed by atoms with Gasteiger partial charge in [0, 0.05) is 13.5 Å². The summed E-state index contributed by atoms with van der Waals surface area (Å²) < 4.78 is 5.25. The summed E-state index contributed by atoms with van der Waals surface area (Å²) in [5, 5.41) is 5.53. The summed E-state index contributed by atoms with van der Waals surface area (Å²) in [6, 6.07) is 9.57. The Balaban J connectivity index is 2.63. The first-order valence-electron chi connectivity index (χ1n) is 7.04. The Bertz CT molecular complexity index is 466. The number of nitrogens with one attached hydrogen (secondary N) is 2. The van der Waals surface area contributed by atoms with Crippen molar-refractivity contribution >= 4 is 12.0 Å². The molecule has 0 bridgehead atoms. The van der Waals surface area contributed by atoms with Crippen LogP contribution in [0.15, 0.2) is 30.3 Å². The molecule has 0 aliphatic rings. The Morgan fingerprint density at radius 1 is 1.19 bits per heavy atom. The van der Waals surface area contributed by atoms with Crippen LogP contribution in [-0.4, -0.2) is 30.2 Å². The summed E-state index contributed by atoms with van der Waals surface area (Å²) >= 11 is 0. The molecule has 1 atom stereocenters. The second kappa shape index (κ2) is 7.67. The van der Waals surface area contributed by atoms with E-state index >= 15 is 0 Å². The van der Waals surface area contributed by atoms with Crippen molar-refractivity contribution < 1.29 is 14.3 Å². The second-order valence-electron chi connectivity index (χ2n) is 5.97. The minimum Gasteiger partial charge on any atom is -0.444 e. The number of amides is 2. The van der Waals surface area contributed by atoms with Crippen LogP contribution in [0.5, 0.6) is 0 Å². The average molecular weight is 292 g/mol. The molecule has 0 heterocycles. The quantitative estimate of drug-likeness (QED) is 0.874. The van der Waals surface area contributed by atoms with Crippen LogP contribution in [0.4, 0.5) is 4.79 Å². The van der Waals surface area contributed by atoms with Gasteiger partial charge in [-0.2, -0.15) is 0 Å². The third-order valence-corrected chi connectivity index (χ3v) is 2.64. The van der Waals surface area contributed by atoms with Crippen LogP contribution in [0.1, 0.15) is 33.3 Å². The molecular weight excluding hydrogens is 268 g/mol. The molecule has 116 valence electrons.